The Labute approximate surface area is 141 Å². The zero-order valence-electron chi connectivity index (χ0n) is 13.9. The first-order valence-corrected chi connectivity index (χ1v) is 8.15. The maximum absolute atomic E-state index is 11.9. The molecule has 2 aromatic carbocycles. The van der Waals surface area contributed by atoms with Crippen LogP contribution >= 0.6 is 0 Å². The molecule has 0 aliphatic carbocycles. The molecule has 0 bridgehead atoms. The summed E-state index contributed by atoms with van der Waals surface area (Å²) in [5.74, 6) is 0.718. The van der Waals surface area contributed by atoms with Crippen LogP contribution in [0.4, 0.5) is 4.79 Å². The third-order valence-corrected chi connectivity index (χ3v) is 3.98. The Morgan fingerprint density at radius 2 is 1.92 bits per heavy atom. The van der Waals surface area contributed by atoms with Gasteiger partial charge >= 0.3 is 6.09 Å². The van der Waals surface area contributed by atoms with Crippen LogP contribution in [0.5, 0.6) is 0 Å². The van der Waals surface area contributed by atoms with Gasteiger partial charge in [-0.25, -0.2) is 4.79 Å². The maximum atomic E-state index is 11.9. The molecule has 1 aromatic heterocycles. The van der Waals surface area contributed by atoms with Gasteiger partial charge in [-0.15, -0.1) is 0 Å². The molecule has 0 fully saturated rings. The van der Waals surface area contributed by atoms with E-state index in [1.807, 2.05) is 49.4 Å². The van der Waals surface area contributed by atoms with E-state index in [-0.39, 0.29) is 12.6 Å². The largest absolute Gasteiger partial charge is 0.459 e. The van der Waals surface area contributed by atoms with E-state index < -0.39 is 6.09 Å². The molecule has 3 rings (SSSR count). The normalized spacial score (nSPS) is 12.1. The third kappa shape index (κ3) is 3.77. The van der Waals surface area contributed by atoms with Gasteiger partial charge < -0.3 is 14.5 Å². The molecular formula is C20H21NO3. The number of nitrogens with one attached hydrogen (secondary N) is 1. The zero-order chi connectivity index (χ0) is 16.9. The Morgan fingerprint density at radius 1 is 1.12 bits per heavy atom. The topological polar surface area (TPSA) is 51.5 Å². The number of fused-ring (bicyclic) bond motifs is 1. The second-order valence-corrected chi connectivity index (χ2v) is 5.80. The van der Waals surface area contributed by atoms with Crippen LogP contribution in [0.25, 0.3) is 11.0 Å². The van der Waals surface area contributed by atoms with Gasteiger partial charge in [0.1, 0.15) is 18.0 Å². The fourth-order valence-corrected chi connectivity index (χ4v) is 2.56. The summed E-state index contributed by atoms with van der Waals surface area (Å²) >= 11 is 0. The fraction of sp³-hybridized carbons (Fsp3) is 0.250. The lowest BCUT2D eigenvalue weighted by Gasteiger charge is -2.11. The van der Waals surface area contributed by atoms with Crippen LogP contribution in [0.2, 0.25) is 0 Å². The molecule has 1 N–H and O–H groups in total. The highest BCUT2D eigenvalue weighted by atomic mass is 16.5. The van der Waals surface area contributed by atoms with Crippen LogP contribution in [0, 0.1) is 0 Å². The first-order chi connectivity index (χ1) is 11.7. The fourth-order valence-electron chi connectivity index (χ4n) is 2.56. The number of rotatable bonds is 5. The van der Waals surface area contributed by atoms with Gasteiger partial charge in [0, 0.05) is 5.39 Å². The van der Waals surface area contributed by atoms with Crippen LogP contribution in [-0.4, -0.2) is 6.09 Å². The van der Waals surface area contributed by atoms with Crippen molar-refractivity contribution in [3.8, 4) is 0 Å². The Bertz CT molecular complexity index is 823. The van der Waals surface area contributed by atoms with Crippen molar-refractivity contribution in [2.24, 2.45) is 0 Å². The minimum Gasteiger partial charge on any atom is -0.459 e. The number of aryl methyl sites for hydroxylation is 1. The summed E-state index contributed by atoms with van der Waals surface area (Å²) < 4.78 is 11.1. The van der Waals surface area contributed by atoms with Gasteiger partial charge in [-0.2, -0.15) is 0 Å². The van der Waals surface area contributed by atoms with Crippen molar-refractivity contribution in [1.29, 1.82) is 0 Å². The van der Waals surface area contributed by atoms with E-state index in [2.05, 4.69) is 24.4 Å². The van der Waals surface area contributed by atoms with Crippen LogP contribution < -0.4 is 5.32 Å². The molecule has 0 saturated heterocycles. The molecule has 4 nitrogen and oxygen atoms in total. The van der Waals surface area contributed by atoms with Crippen LogP contribution in [0.3, 0.4) is 0 Å². The van der Waals surface area contributed by atoms with Crippen LogP contribution in [-0.2, 0) is 17.8 Å². The number of carbonyl (C=O) groups is 1. The molecule has 1 amide bonds. The van der Waals surface area contributed by atoms with Crippen molar-refractivity contribution >= 4 is 17.1 Å². The van der Waals surface area contributed by atoms with Crippen molar-refractivity contribution < 1.29 is 13.9 Å². The summed E-state index contributed by atoms with van der Waals surface area (Å²) in [6.45, 7) is 4.25. The molecule has 0 radical (unpaired) electrons. The predicted octanol–water partition coefficient (Wildman–Crippen LogP) is 4.98. The van der Waals surface area contributed by atoms with E-state index in [1.165, 1.54) is 5.56 Å². The summed E-state index contributed by atoms with van der Waals surface area (Å²) in [6.07, 6.45) is 0.525. The van der Waals surface area contributed by atoms with Gasteiger partial charge in [-0.1, -0.05) is 43.3 Å². The van der Waals surface area contributed by atoms with Gasteiger partial charge in [0.05, 0.1) is 6.04 Å². The average Bonchev–Trinajstić information content (AvgIpc) is 3.04. The predicted molar refractivity (Wildman–Crippen MR) is 93.8 cm³/mol. The Morgan fingerprint density at radius 3 is 2.67 bits per heavy atom. The number of hydrogen-bond donors (Lipinski definition) is 1. The maximum Gasteiger partial charge on any atom is 0.408 e. The van der Waals surface area contributed by atoms with Gasteiger partial charge in [0.15, 0.2) is 0 Å². The van der Waals surface area contributed by atoms with E-state index in [0.29, 0.717) is 0 Å². The lowest BCUT2D eigenvalue weighted by molar-refractivity contribution is 0.135. The van der Waals surface area contributed by atoms with Crippen molar-refractivity contribution in [3.63, 3.8) is 0 Å². The highest BCUT2D eigenvalue weighted by Gasteiger charge is 2.15. The Hall–Kier alpha value is -2.75. The Kier molecular flexibility index (Phi) is 4.85. The molecule has 1 heterocycles. The van der Waals surface area contributed by atoms with Crippen LogP contribution in [0.15, 0.2) is 59.0 Å². The standard InChI is InChI=1S/C20H21NO3/c1-3-15-9-10-18-17(11-15)12-19(24-18)14(2)21-20(22)23-13-16-7-5-4-6-8-16/h4-12,14H,3,13H2,1-2H3,(H,21,22)/t14-/m0/s1. The summed E-state index contributed by atoms with van der Waals surface area (Å²) in [4.78, 5) is 11.9. The minimum atomic E-state index is -0.457. The second-order valence-electron chi connectivity index (χ2n) is 5.80. The summed E-state index contributed by atoms with van der Waals surface area (Å²) in [6, 6.07) is 17.4. The molecule has 0 unspecified atom stereocenters. The monoisotopic (exact) mass is 323 g/mol. The molecule has 0 spiro atoms. The molecule has 1 atom stereocenters. The van der Waals surface area contributed by atoms with Gasteiger partial charge in [-0.3, -0.25) is 0 Å². The molecule has 24 heavy (non-hydrogen) atoms. The molecule has 0 saturated carbocycles. The molecule has 124 valence electrons. The second kappa shape index (κ2) is 7.21. The number of amides is 1. The SMILES string of the molecule is CCc1ccc2oc([C@H](C)NC(=O)OCc3ccccc3)cc2c1. The quantitative estimate of drug-likeness (QED) is 0.720. The smallest absolute Gasteiger partial charge is 0.408 e. The summed E-state index contributed by atoms with van der Waals surface area (Å²) in [5.41, 5.74) is 3.04. The van der Waals surface area contributed by atoms with Crippen molar-refractivity contribution in [3.05, 3.63) is 71.5 Å². The molecular weight excluding hydrogens is 302 g/mol. The zero-order valence-corrected chi connectivity index (χ0v) is 13.9. The summed E-state index contributed by atoms with van der Waals surface area (Å²) in [7, 11) is 0. The van der Waals surface area contributed by atoms with E-state index in [0.717, 1.165) is 28.7 Å². The van der Waals surface area contributed by atoms with E-state index in [1.54, 1.807) is 0 Å². The lowest BCUT2D eigenvalue weighted by Crippen LogP contribution is -2.27. The molecule has 0 aliphatic heterocycles. The number of furan rings is 1. The van der Waals surface area contributed by atoms with Gasteiger partial charge in [0.2, 0.25) is 0 Å². The number of ether oxygens (including phenoxy) is 1. The molecule has 0 aliphatic rings. The van der Waals surface area contributed by atoms with Gasteiger partial charge in [0.25, 0.3) is 0 Å². The number of alkyl carbamates (subject to hydrolysis) is 1. The van der Waals surface area contributed by atoms with Crippen molar-refractivity contribution in [1.82, 2.24) is 5.32 Å². The first kappa shape index (κ1) is 16.1. The highest BCUT2D eigenvalue weighted by molar-refractivity contribution is 5.79. The van der Waals surface area contributed by atoms with Crippen molar-refractivity contribution in [2.45, 2.75) is 32.9 Å². The third-order valence-electron chi connectivity index (χ3n) is 3.98. The number of hydrogen-bond acceptors (Lipinski definition) is 3. The minimum absolute atomic E-state index is 0.249. The van der Waals surface area contributed by atoms with E-state index in [4.69, 9.17) is 9.15 Å². The first-order valence-electron chi connectivity index (χ1n) is 8.15. The molecule has 3 aromatic rings. The number of carbonyl (C=O) groups excluding carboxylic acids is 1. The van der Waals surface area contributed by atoms with E-state index in [9.17, 15) is 4.79 Å². The number of benzene rings is 2. The van der Waals surface area contributed by atoms with Gasteiger partial charge in [-0.05, 0) is 42.7 Å². The summed E-state index contributed by atoms with van der Waals surface area (Å²) in [5, 5.41) is 3.85. The Balaban J connectivity index is 1.61. The average molecular weight is 323 g/mol. The van der Waals surface area contributed by atoms with Crippen LogP contribution in [0.1, 0.15) is 36.8 Å². The van der Waals surface area contributed by atoms with E-state index >= 15 is 0 Å². The van der Waals surface area contributed by atoms with Crippen molar-refractivity contribution in [2.75, 3.05) is 0 Å². The molecule has 4 heteroatoms. The highest BCUT2D eigenvalue weighted by Crippen LogP contribution is 2.25. The lowest BCUT2D eigenvalue weighted by atomic mass is 10.1.